The van der Waals surface area contributed by atoms with Crippen LogP contribution in [0.2, 0.25) is 0 Å². The van der Waals surface area contributed by atoms with Crippen molar-refractivity contribution in [3.8, 4) is 0 Å². The van der Waals surface area contributed by atoms with E-state index in [1.807, 2.05) is 18.3 Å². The van der Waals surface area contributed by atoms with Gasteiger partial charge in [0, 0.05) is 25.0 Å². The summed E-state index contributed by atoms with van der Waals surface area (Å²) >= 11 is 0. The highest BCUT2D eigenvalue weighted by Crippen LogP contribution is 1.97. The molecule has 78 valence electrons. The van der Waals surface area contributed by atoms with E-state index in [1.165, 1.54) is 0 Å². The number of hydrogen-bond donors (Lipinski definition) is 1. The minimum Gasteiger partial charge on any atom is -0.375 e. The molecule has 3 heteroatoms. The first-order chi connectivity index (χ1) is 6.79. The largest absolute Gasteiger partial charge is 0.375 e. The van der Waals surface area contributed by atoms with E-state index >= 15 is 0 Å². The Hall–Kier alpha value is -0.930. The van der Waals surface area contributed by atoms with Gasteiger partial charge in [-0.25, -0.2) is 0 Å². The van der Waals surface area contributed by atoms with Crippen molar-refractivity contribution in [2.75, 3.05) is 13.2 Å². The Morgan fingerprint density at radius 3 is 3.00 bits per heavy atom. The second-order valence-corrected chi connectivity index (χ2v) is 3.52. The molecule has 0 spiro atoms. The molecule has 0 amide bonds. The Morgan fingerprint density at radius 1 is 1.50 bits per heavy atom. The van der Waals surface area contributed by atoms with Crippen LogP contribution in [-0.4, -0.2) is 24.2 Å². The van der Waals surface area contributed by atoms with Gasteiger partial charge in [-0.15, -0.1) is 0 Å². The molecule has 0 bridgehead atoms. The van der Waals surface area contributed by atoms with Crippen LogP contribution in [0.25, 0.3) is 0 Å². The zero-order valence-electron chi connectivity index (χ0n) is 8.86. The highest BCUT2D eigenvalue weighted by Gasteiger charge is 1.93. The maximum Gasteiger partial charge on any atom is 0.0732 e. The van der Waals surface area contributed by atoms with Crippen molar-refractivity contribution in [2.45, 2.75) is 26.5 Å². The Morgan fingerprint density at radius 2 is 2.36 bits per heavy atom. The summed E-state index contributed by atoms with van der Waals surface area (Å²) in [6, 6.07) is 4.46. The molecule has 0 saturated carbocycles. The first-order valence-electron chi connectivity index (χ1n) is 4.99. The smallest absolute Gasteiger partial charge is 0.0732 e. The zero-order chi connectivity index (χ0) is 10.2. The molecule has 0 atom stereocenters. The molecule has 1 N–H and O–H groups in total. The molecular weight excluding hydrogens is 176 g/mol. The molecular formula is C11H18N2O. The molecule has 1 aromatic rings. The molecule has 3 nitrogen and oxygen atoms in total. The summed E-state index contributed by atoms with van der Waals surface area (Å²) in [7, 11) is 0. The van der Waals surface area contributed by atoms with Crippen LogP contribution in [0, 0.1) is 0 Å². The summed E-state index contributed by atoms with van der Waals surface area (Å²) in [5, 5.41) is 3.29. The molecule has 0 fully saturated rings. The van der Waals surface area contributed by atoms with Crippen LogP contribution in [0.1, 0.15) is 19.4 Å². The molecule has 1 aromatic heterocycles. The van der Waals surface area contributed by atoms with Crippen molar-refractivity contribution in [3.05, 3.63) is 30.1 Å². The molecule has 1 heterocycles. The van der Waals surface area contributed by atoms with Crippen LogP contribution < -0.4 is 5.32 Å². The van der Waals surface area contributed by atoms with Crippen LogP contribution in [0.5, 0.6) is 0 Å². The normalized spacial score (nSPS) is 10.8. The van der Waals surface area contributed by atoms with Gasteiger partial charge in [0.1, 0.15) is 0 Å². The Labute approximate surface area is 85.5 Å². The minimum absolute atomic E-state index is 0.525. The number of ether oxygens (including phenoxy) is 1. The van der Waals surface area contributed by atoms with Gasteiger partial charge >= 0.3 is 0 Å². The van der Waals surface area contributed by atoms with Crippen molar-refractivity contribution in [1.82, 2.24) is 10.3 Å². The summed E-state index contributed by atoms with van der Waals surface area (Å²) in [4.78, 5) is 4.02. The van der Waals surface area contributed by atoms with Gasteiger partial charge in [0.05, 0.1) is 13.2 Å². The van der Waals surface area contributed by atoms with Crippen LogP contribution in [0.15, 0.2) is 24.5 Å². The van der Waals surface area contributed by atoms with Gasteiger partial charge in [-0.05, 0) is 11.6 Å². The lowest BCUT2D eigenvalue weighted by atomic mass is 10.3. The zero-order valence-corrected chi connectivity index (χ0v) is 8.86. The fourth-order valence-electron chi connectivity index (χ4n) is 1.09. The predicted molar refractivity (Wildman–Crippen MR) is 57.0 cm³/mol. The summed E-state index contributed by atoms with van der Waals surface area (Å²) in [5.74, 6) is 0. The van der Waals surface area contributed by atoms with E-state index in [4.69, 9.17) is 4.74 Å². The molecule has 0 aromatic carbocycles. The summed E-state index contributed by atoms with van der Waals surface area (Å²) in [6.45, 7) is 6.54. The van der Waals surface area contributed by atoms with Gasteiger partial charge in [0.25, 0.3) is 0 Å². The van der Waals surface area contributed by atoms with Crippen molar-refractivity contribution >= 4 is 0 Å². The Bertz CT molecular complexity index is 236. The number of hydrogen-bond acceptors (Lipinski definition) is 3. The summed E-state index contributed by atoms with van der Waals surface area (Å²) < 4.78 is 5.47. The van der Waals surface area contributed by atoms with Crippen molar-refractivity contribution < 1.29 is 4.74 Å². The van der Waals surface area contributed by atoms with E-state index in [0.29, 0.717) is 12.6 Å². The highest BCUT2D eigenvalue weighted by molar-refractivity contribution is 5.06. The van der Waals surface area contributed by atoms with E-state index in [0.717, 1.165) is 18.7 Å². The topological polar surface area (TPSA) is 34.1 Å². The number of nitrogens with zero attached hydrogens (tertiary/aromatic N) is 1. The van der Waals surface area contributed by atoms with E-state index in [9.17, 15) is 0 Å². The summed E-state index contributed by atoms with van der Waals surface area (Å²) in [5.41, 5.74) is 1.12. The van der Waals surface area contributed by atoms with Gasteiger partial charge in [-0.1, -0.05) is 19.9 Å². The quantitative estimate of drug-likeness (QED) is 0.698. The molecule has 0 radical (unpaired) electrons. The number of nitrogens with one attached hydrogen (secondary N) is 1. The van der Waals surface area contributed by atoms with Gasteiger partial charge in [0.15, 0.2) is 0 Å². The number of pyridine rings is 1. The fraction of sp³-hybridized carbons (Fsp3) is 0.545. The predicted octanol–water partition coefficient (Wildman–Crippen LogP) is 1.60. The molecule has 14 heavy (non-hydrogen) atoms. The fourth-order valence-corrected chi connectivity index (χ4v) is 1.09. The molecule has 0 unspecified atom stereocenters. The molecule has 0 aliphatic rings. The SMILES string of the molecule is CC(C)NCCOCc1cccnc1. The Balaban J connectivity index is 2.05. The van der Waals surface area contributed by atoms with Crippen LogP contribution >= 0.6 is 0 Å². The molecule has 1 rings (SSSR count). The lowest BCUT2D eigenvalue weighted by Gasteiger charge is -2.08. The maximum atomic E-state index is 5.47. The third kappa shape index (κ3) is 4.94. The van der Waals surface area contributed by atoms with Gasteiger partial charge in [-0.2, -0.15) is 0 Å². The minimum atomic E-state index is 0.525. The lowest BCUT2D eigenvalue weighted by Crippen LogP contribution is -2.26. The molecule has 0 aliphatic heterocycles. The second kappa shape index (κ2) is 6.51. The monoisotopic (exact) mass is 194 g/mol. The standard InChI is InChI=1S/C11H18N2O/c1-10(2)13-6-7-14-9-11-4-3-5-12-8-11/h3-5,8,10,13H,6-7,9H2,1-2H3. The van der Waals surface area contributed by atoms with Crippen molar-refractivity contribution in [1.29, 1.82) is 0 Å². The summed E-state index contributed by atoms with van der Waals surface area (Å²) in [6.07, 6.45) is 3.60. The van der Waals surface area contributed by atoms with Gasteiger partial charge in [-0.3, -0.25) is 4.98 Å². The molecule has 0 saturated heterocycles. The Kier molecular flexibility index (Phi) is 5.19. The van der Waals surface area contributed by atoms with E-state index in [2.05, 4.69) is 24.1 Å². The third-order valence-corrected chi connectivity index (χ3v) is 1.79. The first-order valence-corrected chi connectivity index (χ1v) is 4.99. The van der Waals surface area contributed by atoms with Crippen molar-refractivity contribution in [3.63, 3.8) is 0 Å². The van der Waals surface area contributed by atoms with Crippen LogP contribution in [-0.2, 0) is 11.3 Å². The van der Waals surface area contributed by atoms with Gasteiger partial charge in [0.2, 0.25) is 0 Å². The first kappa shape index (κ1) is 11.1. The average Bonchev–Trinajstić information content (AvgIpc) is 2.18. The van der Waals surface area contributed by atoms with Crippen molar-refractivity contribution in [2.24, 2.45) is 0 Å². The van der Waals surface area contributed by atoms with Gasteiger partial charge < -0.3 is 10.1 Å². The second-order valence-electron chi connectivity index (χ2n) is 3.52. The van der Waals surface area contributed by atoms with Crippen LogP contribution in [0.3, 0.4) is 0 Å². The number of rotatable bonds is 6. The molecule has 0 aliphatic carbocycles. The van der Waals surface area contributed by atoms with Crippen LogP contribution in [0.4, 0.5) is 0 Å². The highest BCUT2D eigenvalue weighted by atomic mass is 16.5. The maximum absolute atomic E-state index is 5.47. The lowest BCUT2D eigenvalue weighted by molar-refractivity contribution is 0.121. The third-order valence-electron chi connectivity index (χ3n) is 1.79. The van der Waals surface area contributed by atoms with E-state index < -0.39 is 0 Å². The van der Waals surface area contributed by atoms with E-state index in [-0.39, 0.29) is 0 Å². The van der Waals surface area contributed by atoms with E-state index in [1.54, 1.807) is 6.20 Å². The average molecular weight is 194 g/mol. The number of aromatic nitrogens is 1.